The molecule has 1 aromatic carbocycles. The molecule has 0 fully saturated rings. The van der Waals surface area contributed by atoms with E-state index in [9.17, 15) is 4.79 Å². The van der Waals surface area contributed by atoms with Crippen LogP contribution in [0.3, 0.4) is 0 Å². The standard InChI is InChI=1S/C19H21N7O/c1-13(2)8-10-25-11-9-16(24-25)21-19-22-17-15(18(27)23-19)12-20-26(17)14-6-4-3-5-7-14/h3-7,9,11-13H,8,10H2,1-2H3,(H2,21,22,23,24,27). The van der Waals surface area contributed by atoms with Gasteiger partial charge in [0.1, 0.15) is 5.39 Å². The summed E-state index contributed by atoms with van der Waals surface area (Å²) in [6, 6.07) is 11.5. The number of H-pyrrole nitrogens is 1. The number of hydrogen-bond acceptors (Lipinski definition) is 5. The topological polar surface area (TPSA) is 93.4 Å². The number of hydrogen-bond donors (Lipinski definition) is 2. The first kappa shape index (κ1) is 17.0. The molecule has 0 radical (unpaired) electrons. The first-order valence-electron chi connectivity index (χ1n) is 8.94. The molecule has 8 heteroatoms. The molecular weight excluding hydrogens is 342 g/mol. The van der Waals surface area contributed by atoms with Gasteiger partial charge in [0.15, 0.2) is 11.5 Å². The summed E-state index contributed by atoms with van der Waals surface area (Å²) in [7, 11) is 0. The maximum absolute atomic E-state index is 12.4. The molecule has 0 aliphatic carbocycles. The van der Waals surface area contributed by atoms with E-state index in [4.69, 9.17) is 0 Å². The van der Waals surface area contributed by atoms with Crippen molar-refractivity contribution in [3.8, 4) is 5.69 Å². The molecule has 4 aromatic rings. The van der Waals surface area contributed by atoms with Gasteiger partial charge in [-0.3, -0.25) is 14.5 Å². The van der Waals surface area contributed by atoms with E-state index >= 15 is 0 Å². The van der Waals surface area contributed by atoms with Gasteiger partial charge < -0.3 is 5.32 Å². The highest BCUT2D eigenvalue weighted by atomic mass is 16.1. The quantitative estimate of drug-likeness (QED) is 0.549. The molecule has 4 rings (SSSR count). The van der Waals surface area contributed by atoms with Gasteiger partial charge in [-0.05, 0) is 24.5 Å². The number of fused-ring (bicyclic) bond motifs is 1. The molecule has 138 valence electrons. The van der Waals surface area contributed by atoms with Gasteiger partial charge in [0.2, 0.25) is 5.95 Å². The Hall–Kier alpha value is -3.42. The van der Waals surface area contributed by atoms with Crippen molar-refractivity contribution in [2.24, 2.45) is 5.92 Å². The minimum absolute atomic E-state index is 0.246. The van der Waals surface area contributed by atoms with Gasteiger partial charge in [-0.2, -0.15) is 15.2 Å². The maximum atomic E-state index is 12.4. The molecule has 0 spiro atoms. The lowest BCUT2D eigenvalue weighted by molar-refractivity contribution is 0.488. The van der Waals surface area contributed by atoms with Gasteiger partial charge in [0.05, 0.1) is 11.9 Å². The summed E-state index contributed by atoms with van der Waals surface area (Å²) in [5.74, 6) is 1.58. The van der Waals surface area contributed by atoms with E-state index in [0.29, 0.717) is 28.7 Å². The Kier molecular flexibility index (Phi) is 4.45. The zero-order chi connectivity index (χ0) is 18.8. The number of benzene rings is 1. The van der Waals surface area contributed by atoms with E-state index < -0.39 is 0 Å². The monoisotopic (exact) mass is 363 g/mol. The highest BCUT2D eigenvalue weighted by molar-refractivity contribution is 5.76. The predicted molar refractivity (Wildman–Crippen MR) is 104 cm³/mol. The molecule has 3 aromatic heterocycles. The van der Waals surface area contributed by atoms with E-state index in [2.05, 4.69) is 39.3 Å². The van der Waals surface area contributed by atoms with E-state index in [1.807, 2.05) is 47.3 Å². The van der Waals surface area contributed by atoms with Gasteiger partial charge in [-0.25, -0.2) is 4.68 Å². The molecule has 27 heavy (non-hydrogen) atoms. The number of aromatic amines is 1. The van der Waals surface area contributed by atoms with Crippen molar-refractivity contribution in [1.82, 2.24) is 29.5 Å². The SMILES string of the molecule is CC(C)CCn1ccc(Nc2nc3c(cnn3-c3ccccc3)c(=O)[nH]2)n1. The summed E-state index contributed by atoms with van der Waals surface area (Å²) in [6.07, 6.45) is 4.49. The molecule has 0 saturated heterocycles. The summed E-state index contributed by atoms with van der Waals surface area (Å²) >= 11 is 0. The van der Waals surface area contributed by atoms with Crippen LogP contribution in [0.1, 0.15) is 20.3 Å². The van der Waals surface area contributed by atoms with Crippen molar-refractivity contribution >= 4 is 22.8 Å². The molecule has 0 atom stereocenters. The van der Waals surface area contributed by atoms with Crippen LogP contribution < -0.4 is 10.9 Å². The number of rotatable bonds is 6. The lowest BCUT2D eigenvalue weighted by Gasteiger charge is -2.06. The lowest BCUT2D eigenvalue weighted by Crippen LogP contribution is -2.12. The van der Waals surface area contributed by atoms with E-state index in [0.717, 1.165) is 18.7 Å². The third-order valence-electron chi connectivity index (χ3n) is 4.26. The second-order valence-electron chi connectivity index (χ2n) is 6.82. The molecule has 0 bridgehead atoms. The molecule has 0 aliphatic rings. The summed E-state index contributed by atoms with van der Waals surface area (Å²) in [5, 5.41) is 12.3. The minimum atomic E-state index is -0.246. The van der Waals surface area contributed by atoms with Crippen LogP contribution in [-0.4, -0.2) is 29.5 Å². The van der Waals surface area contributed by atoms with Crippen molar-refractivity contribution in [1.29, 1.82) is 0 Å². The number of nitrogens with zero attached hydrogens (tertiary/aromatic N) is 5. The van der Waals surface area contributed by atoms with Crippen LogP contribution in [0.25, 0.3) is 16.7 Å². The second-order valence-corrected chi connectivity index (χ2v) is 6.82. The summed E-state index contributed by atoms with van der Waals surface area (Å²) < 4.78 is 3.53. The minimum Gasteiger partial charge on any atom is -0.309 e. The highest BCUT2D eigenvalue weighted by Crippen LogP contribution is 2.16. The average Bonchev–Trinajstić information content (AvgIpc) is 3.28. The van der Waals surface area contributed by atoms with Crippen LogP contribution in [-0.2, 0) is 6.54 Å². The molecule has 0 amide bonds. The Morgan fingerprint density at radius 1 is 1.19 bits per heavy atom. The van der Waals surface area contributed by atoms with Crippen LogP contribution in [0.15, 0.2) is 53.6 Å². The van der Waals surface area contributed by atoms with Crippen molar-refractivity contribution in [2.45, 2.75) is 26.8 Å². The molecule has 2 N–H and O–H groups in total. The first-order valence-corrected chi connectivity index (χ1v) is 8.94. The first-order chi connectivity index (χ1) is 13.1. The third-order valence-corrected chi connectivity index (χ3v) is 4.26. The number of nitrogens with one attached hydrogen (secondary N) is 2. The molecule has 0 aliphatic heterocycles. The lowest BCUT2D eigenvalue weighted by atomic mass is 10.1. The fourth-order valence-electron chi connectivity index (χ4n) is 2.80. The van der Waals surface area contributed by atoms with Gasteiger partial charge >= 0.3 is 0 Å². The number of aromatic nitrogens is 6. The van der Waals surface area contributed by atoms with E-state index in [1.165, 1.54) is 6.20 Å². The number of anilines is 2. The van der Waals surface area contributed by atoms with E-state index in [1.54, 1.807) is 4.68 Å². The van der Waals surface area contributed by atoms with Gasteiger partial charge in [-0.1, -0.05) is 32.0 Å². The smallest absolute Gasteiger partial charge is 0.263 e. The number of para-hydroxylation sites is 1. The van der Waals surface area contributed by atoms with Gasteiger partial charge in [0, 0.05) is 18.8 Å². The van der Waals surface area contributed by atoms with Crippen LogP contribution in [0.5, 0.6) is 0 Å². The third kappa shape index (κ3) is 3.59. The van der Waals surface area contributed by atoms with Gasteiger partial charge in [-0.15, -0.1) is 0 Å². The zero-order valence-corrected chi connectivity index (χ0v) is 15.3. The largest absolute Gasteiger partial charge is 0.309 e. The van der Waals surface area contributed by atoms with Crippen LogP contribution in [0, 0.1) is 5.92 Å². The normalized spacial score (nSPS) is 11.4. The van der Waals surface area contributed by atoms with Crippen molar-refractivity contribution in [3.05, 3.63) is 59.1 Å². The van der Waals surface area contributed by atoms with E-state index in [-0.39, 0.29) is 5.56 Å². The molecule has 8 nitrogen and oxygen atoms in total. The Labute approximate surface area is 155 Å². The summed E-state index contributed by atoms with van der Waals surface area (Å²) in [6.45, 7) is 5.22. The van der Waals surface area contributed by atoms with Crippen LogP contribution in [0.2, 0.25) is 0 Å². The Balaban J connectivity index is 1.64. The molecular formula is C19H21N7O. The van der Waals surface area contributed by atoms with Crippen molar-refractivity contribution in [2.75, 3.05) is 5.32 Å². The predicted octanol–water partition coefficient (Wildman–Crippen LogP) is 3.09. The number of aryl methyl sites for hydroxylation is 1. The average molecular weight is 363 g/mol. The maximum Gasteiger partial charge on any atom is 0.263 e. The molecule has 3 heterocycles. The zero-order valence-electron chi connectivity index (χ0n) is 15.3. The Morgan fingerprint density at radius 3 is 2.78 bits per heavy atom. The summed E-state index contributed by atoms with van der Waals surface area (Å²) in [5.41, 5.74) is 1.09. The molecule has 0 unspecified atom stereocenters. The van der Waals surface area contributed by atoms with Crippen LogP contribution >= 0.6 is 0 Å². The van der Waals surface area contributed by atoms with Gasteiger partial charge in [0.25, 0.3) is 5.56 Å². The Bertz CT molecular complexity index is 1110. The van der Waals surface area contributed by atoms with Crippen LogP contribution in [0.4, 0.5) is 11.8 Å². The fourth-order valence-corrected chi connectivity index (χ4v) is 2.80. The van der Waals surface area contributed by atoms with Crippen molar-refractivity contribution < 1.29 is 0 Å². The highest BCUT2D eigenvalue weighted by Gasteiger charge is 2.12. The summed E-state index contributed by atoms with van der Waals surface area (Å²) in [4.78, 5) is 19.7. The molecule has 0 saturated carbocycles. The van der Waals surface area contributed by atoms with Crippen molar-refractivity contribution in [3.63, 3.8) is 0 Å². The fraction of sp³-hybridized carbons (Fsp3) is 0.263. The Morgan fingerprint density at radius 2 is 2.00 bits per heavy atom. The second kappa shape index (κ2) is 7.06.